The van der Waals surface area contributed by atoms with Crippen molar-refractivity contribution in [2.45, 2.75) is 38.3 Å². The summed E-state index contributed by atoms with van der Waals surface area (Å²) < 4.78 is 5.23. The molecule has 1 N–H and O–H groups in total. The third kappa shape index (κ3) is 4.21. The maximum absolute atomic E-state index is 12.8. The van der Waals surface area contributed by atoms with E-state index in [4.69, 9.17) is 4.74 Å². The van der Waals surface area contributed by atoms with Crippen LogP contribution in [0.4, 0.5) is 10.5 Å². The number of amides is 3. The van der Waals surface area contributed by atoms with Gasteiger partial charge in [-0.15, -0.1) is 0 Å². The summed E-state index contributed by atoms with van der Waals surface area (Å²) in [7, 11) is 1.65. The minimum Gasteiger partial charge on any atom is -0.497 e. The molecule has 152 valence electrons. The summed E-state index contributed by atoms with van der Waals surface area (Å²) in [5, 5.41) is 3.04. The number of benzene rings is 2. The number of anilines is 1. The first-order chi connectivity index (χ1) is 14.2. The van der Waals surface area contributed by atoms with Crippen LogP contribution in [0.5, 0.6) is 5.75 Å². The van der Waals surface area contributed by atoms with Gasteiger partial charge in [-0.25, -0.2) is 4.79 Å². The van der Waals surface area contributed by atoms with Crippen molar-refractivity contribution in [1.29, 1.82) is 0 Å². The quantitative estimate of drug-likeness (QED) is 0.839. The van der Waals surface area contributed by atoms with Gasteiger partial charge in [0.2, 0.25) is 5.91 Å². The van der Waals surface area contributed by atoms with E-state index < -0.39 is 0 Å². The van der Waals surface area contributed by atoms with E-state index in [0.29, 0.717) is 13.0 Å². The summed E-state index contributed by atoms with van der Waals surface area (Å²) in [4.78, 5) is 28.4. The Kier molecular flexibility index (Phi) is 5.69. The number of likely N-dealkylation sites (tertiary alicyclic amines) is 1. The summed E-state index contributed by atoms with van der Waals surface area (Å²) in [6.07, 6.45) is 3.52. The van der Waals surface area contributed by atoms with Gasteiger partial charge in [-0.05, 0) is 54.7 Å². The summed E-state index contributed by atoms with van der Waals surface area (Å²) >= 11 is 0. The second-order valence-electron chi connectivity index (χ2n) is 7.60. The van der Waals surface area contributed by atoms with Gasteiger partial charge in [-0.2, -0.15) is 0 Å². The molecule has 2 heterocycles. The van der Waals surface area contributed by atoms with Crippen LogP contribution in [0, 0.1) is 0 Å². The molecule has 2 aliphatic rings. The van der Waals surface area contributed by atoms with Gasteiger partial charge < -0.3 is 19.9 Å². The minimum atomic E-state index is -0.0397. The second kappa shape index (κ2) is 8.55. The molecule has 6 heteroatoms. The number of ether oxygens (including phenoxy) is 1. The predicted molar refractivity (Wildman–Crippen MR) is 112 cm³/mol. The van der Waals surface area contributed by atoms with Crippen LogP contribution < -0.4 is 15.0 Å². The molecule has 0 radical (unpaired) electrons. The van der Waals surface area contributed by atoms with Gasteiger partial charge in [-0.3, -0.25) is 4.79 Å². The largest absolute Gasteiger partial charge is 0.497 e. The summed E-state index contributed by atoms with van der Waals surface area (Å²) in [6.45, 7) is 2.02. The zero-order valence-electron chi connectivity index (χ0n) is 16.8. The molecule has 6 nitrogen and oxygen atoms in total. The van der Waals surface area contributed by atoms with E-state index in [0.717, 1.165) is 54.9 Å². The van der Waals surface area contributed by atoms with Crippen LogP contribution in [0.3, 0.4) is 0 Å². The van der Waals surface area contributed by atoms with E-state index in [2.05, 4.69) is 5.32 Å². The van der Waals surface area contributed by atoms with Crippen molar-refractivity contribution < 1.29 is 14.3 Å². The molecule has 3 amide bonds. The number of nitrogens with zero attached hydrogens (tertiary/aromatic N) is 2. The molecular formula is C23H27N3O3. The Hall–Kier alpha value is -3.02. The van der Waals surface area contributed by atoms with Crippen molar-refractivity contribution in [3.63, 3.8) is 0 Å². The fourth-order valence-electron chi connectivity index (χ4n) is 4.18. The van der Waals surface area contributed by atoms with E-state index in [1.807, 2.05) is 58.3 Å². The molecule has 2 aromatic carbocycles. The molecule has 0 bridgehead atoms. The molecule has 29 heavy (non-hydrogen) atoms. The number of carbonyl (C=O) groups excluding carboxylic acids is 2. The average Bonchev–Trinajstić information content (AvgIpc) is 3.42. The first-order valence-corrected chi connectivity index (χ1v) is 10.2. The van der Waals surface area contributed by atoms with Gasteiger partial charge in [0.1, 0.15) is 5.75 Å². The Morgan fingerprint density at radius 2 is 1.83 bits per heavy atom. The lowest BCUT2D eigenvalue weighted by Gasteiger charge is -2.25. The fourth-order valence-corrected chi connectivity index (χ4v) is 4.18. The number of hydrogen-bond acceptors (Lipinski definition) is 3. The highest BCUT2D eigenvalue weighted by Crippen LogP contribution is 2.32. The third-order valence-electron chi connectivity index (χ3n) is 5.78. The van der Waals surface area contributed by atoms with Gasteiger partial charge >= 0.3 is 6.03 Å². The van der Waals surface area contributed by atoms with Crippen molar-refractivity contribution in [3.8, 4) is 5.75 Å². The van der Waals surface area contributed by atoms with Crippen LogP contribution in [-0.4, -0.2) is 37.0 Å². The summed E-state index contributed by atoms with van der Waals surface area (Å²) in [6, 6.07) is 15.9. The monoisotopic (exact) mass is 393 g/mol. The van der Waals surface area contributed by atoms with Crippen LogP contribution >= 0.6 is 0 Å². The van der Waals surface area contributed by atoms with E-state index in [1.54, 1.807) is 7.11 Å². The maximum Gasteiger partial charge on any atom is 0.318 e. The molecule has 2 fully saturated rings. The van der Waals surface area contributed by atoms with Gasteiger partial charge in [0, 0.05) is 31.7 Å². The number of rotatable bonds is 5. The number of nitrogens with one attached hydrogen (secondary N) is 1. The first kappa shape index (κ1) is 19.3. The lowest BCUT2D eigenvalue weighted by atomic mass is 10.0. The average molecular weight is 393 g/mol. The highest BCUT2D eigenvalue weighted by molar-refractivity contribution is 5.95. The minimum absolute atomic E-state index is 0.0397. The second-order valence-corrected chi connectivity index (χ2v) is 7.60. The summed E-state index contributed by atoms with van der Waals surface area (Å²) in [5.74, 6) is 1.01. The molecule has 2 saturated heterocycles. The number of hydrogen-bond donors (Lipinski definition) is 1. The standard InChI is InChI=1S/C23H27N3O3/c1-29-20-12-8-18(9-13-20)21-4-2-15-26(21)23(28)24-16-17-6-10-19(11-7-17)25-14-3-5-22(25)27/h6-13,21H,2-5,14-16H2,1H3,(H,24,28). The summed E-state index contributed by atoms with van der Waals surface area (Å²) in [5.41, 5.74) is 3.09. The van der Waals surface area contributed by atoms with E-state index in [9.17, 15) is 9.59 Å². The Labute approximate surface area is 171 Å². The van der Waals surface area contributed by atoms with Crippen molar-refractivity contribution in [3.05, 3.63) is 59.7 Å². The number of carbonyl (C=O) groups is 2. The Morgan fingerprint density at radius 1 is 1.07 bits per heavy atom. The molecule has 1 unspecified atom stereocenters. The van der Waals surface area contributed by atoms with Crippen molar-refractivity contribution in [2.75, 3.05) is 25.1 Å². The van der Waals surface area contributed by atoms with Crippen LogP contribution in [0.15, 0.2) is 48.5 Å². The Bertz CT molecular complexity index is 864. The molecular weight excluding hydrogens is 366 g/mol. The van der Waals surface area contributed by atoms with Crippen molar-refractivity contribution in [1.82, 2.24) is 10.2 Å². The molecule has 0 aliphatic carbocycles. The SMILES string of the molecule is COc1ccc(C2CCCN2C(=O)NCc2ccc(N3CCCC3=O)cc2)cc1. The lowest BCUT2D eigenvalue weighted by molar-refractivity contribution is -0.117. The zero-order chi connectivity index (χ0) is 20.2. The zero-order valence-corrected chi connectivity index (χ0v) is 16.8. The molecule has 2 aliphatic heterocycles. The first-order valence-electron chi connectivity index (χ1n) is 10.2. The lowest BCUT2D eigenvalue weighted by Crippen LogP contribution is -2.39. The normalized spacial score (nSPS) is 18.9. The van der Waals surface area contributed by atoms with Crippen LogP contribution in [-0.2, 0) is 11.3 Å². The van der Waals surface area contributed by atoms with Gasteiger partial charge in [0.25, 0.3) is 0 Å². The smallest absolute Gasteiger partial charge is 0.318 e. The van der Waals surface area contributed by atoms with Crippen LogP contribution in [0.1, 0.15) is 42.9 Å². The Morgan fingerprint density at radius 3 is 2.48 bits per heavy atom. The number of urea groups is 1. The van der Waals surface area contributed by atoms with Gasteiger partial charge in [0.05, 0.1) is 13.2 Å². The highest BCUT2D eigenvalue weighted by atomic mass is 16.5. The molecule has 2 aromatic rings. The van der Waals surface area contributed by atoms with Gasteiger partial charge in [-0.1, -0.05) is 24.3 Å². The van der Waals surface area contributed by atoms with Gasteiger partial charge in [0.15, 0.2) is 0 Å². The van der Waals surface area contributed by atoms with Crippen molar-refractivity contribution in [2.24, 2.45) is 0 Å². The fraction of sp³-hybridized carbons (Fsp3) is 0.391. The van der Waals surface area contributed by atoms with Crippen molar-refractivity contribution >= 4 is 17.6 Å². The van der Waals surface area contributed by atoms with E-state index in [1.165, 1.54) is 0 Å². The third-order valence-corrected chi connectivity index (χ3v) is 5.78. The Balaban J connectivity index is 1.35. The maximum atomic E-state index is 12.8. The molecule has 1 atom stereocenters. The number of methoxy groups -OCH3 is 1. The molecule has 4 rings (SSSR count). The molecule has 0 spiro atoms. The topological polar surface area (TPSA) is 61.9 Å². The van der Waals surface area contributed by atoms with Crippen LogP contribution in [0.25, 0.3) is 0 Å². The highest BCUT2D eigenvalue weighted by Gasteiger charge is 2.29. The molecule has 0 saturated carbocycles. The predicted octanol–water partition coefficient (Wildman–Crippen LogP) is 3.87. The molecule has 0 aromatic heterocycles. The van der Waals surface area contributed by atoms with Crippen LogP contribution in [0.2, 0.25) is 0 Å². The van der Waals surface area contributed by atoms with E-state index >= 15 is 0 Å². The van der Waals surface area contributed by atoms with E-state index in [-0.39, 0.29) is 18.0 Å².